The number of nitrogens with zero attached hydrogens (tertiary/aromatic N) is 3. The Kier molecular flexibility index (Phi) is 7.91. The molecule has 0 radical (unpaired) electrons. The molecule has 10 heteroatoms. The van der Waals surface area contributed by atoms with Crippen LogP contribution >= 0.6 is 0 Å². The minimum atomic E-state index is -0.785. The van der Waals surface area contributed by atoms with Crippen molar-refractivity contribution in [1.29, 1.82) is 0 Å². The Morgan fingerprint density at radius 1 is 1.15 bits per heavy atom. The van der Waals surface area contributed by atoms with E-state index in [2.05, 4.69) is 15.5 Å². The van der Waals surface area contributed by atoms with Gasteiger partial charge in [0.15, 0.2) is 11.9 Å². The first-order valence-electron chi connectivity index (χ1n) is 13.9. The molecule has 2 amide bonds. The number of hydroxylamine groups is 2. The molecule has 2 fully saturated rings. The van der Waals surface area contributed by atoms with Crippen LogP contribution in [0.15, 0.2) is 54.6 Å². The maximum atomic E-state index is 13.5. The maximum Gasteiger partial charge on any atom is 0.409 e. The highest BCUT2D eigenvalue weighted by Crippen LogP contribution is 2.37. The van der Waals surface area contributed by atoms with Crippen molar-refractivity contribution < 1.29 is 24.0 Å². The Labute approximate surface area is 233 Å². The van der Waals surface area contributed by atoms with E-state index >= 15 is 0 Å². The molecule has 2 N–H and O–H groups in total. The lowest BCUT2D eigenvalue weighted by molar-refractivity contribution is -0.122. The van der Waals surface area contributed by atoms with Crippen molar-refractivity contribution in [1.82, 2.24) is 25.5 Å². The predicted octanol–water partition coefficient (Wildman–Crippen LogP) is 4.95. The van der Waals surface area contributed by atoms with Gasteiger partial charge in [-0.05, 0) is 30.4 Å². The molecule has 40 heavy (non-hydrogen) atoms. The highest BCUT2D eigenvalue weighted by Gasteiger charge is 2.49. The number of unbranched alkanes of at least 4 members (excludes halogenated alkanes) is 1. The summed E-state index contributed by atoms with van der Waals surface area (Å²) in [6.45, 7) is 8.46. The summed E-state index contributed by atoms with van der Waals surface area (Å²) in [5.41, 5.74) is 1.82. The summed E-state index contributed by atoms with van der Waals surface area (Å²) in [7, 11) is 0. The molecule has 0 saturated carbocycles. The number of aromatic nitrogens is 2. The summed E-state index contributed by atoms with van der Waals surface area (Å²) < 4.78 is 5.81. The number of ether oxygens (including phenoxy) is 1. The Morgan fingerprint density at radius 3 is 2.62 bits per heavy atom. The second kappa shape index (κ2) is 11.4. The van der Waals surface area contributed by atoms with Gasteiger partial charge in [-0.25, -0.2) is 4.79 Å². The molecule has 1 aromatic heterocycles. The molecular weight excluding hydrogens is 510 g/mol. The number of likely N-dealkylation sites (tertiary alicyclic amines) is 1. The van der Waals surface area contributed by atoms with Crippen LogP contribution in [0.5, 0.6) is 0 Å². The lowest BCUT2D eigenvalue weighted by Crippen LogP contribution is -2.47. The van der Waals surface area contributed by atoms with E-state index in [9.17, 15) is 14.4 Å². The topological polar surface area (TPSA) is 120 Å². The van der Waals surface area contributed by atoms with Gasteiger partial charge in [0.2, 0.25) is 12.0 Å². The van der Waals surface area contributed by atoms with E-state index in [1.54, 1.807) is 9.96 Å². The van der Waals surface area contributed by atoms with Crippen LogP contribution in [0.3, 0.4) is 0 Å². The number of carbonyl (C=O) groups excluding carboxylic acids is 3. The number of alkyl carbamates (subject to hydrolysis) is 1. The number of benzene rings is 2. The van der Waals surface area contributed by atoms with Gasteiger partial charge in [-0.1, -0.05) is 82.1 Å². The number of amides is 2. The fourth-order valence-corrected chi connectivity index (χ4v) is 5.38. The SMILES string of the molecule is CCCC[C@H](NC(=O)OC1CC(C)(C)CN1C(=O)c1n[nH]c2ccccc12)C(=O)C1ON1[C@H](C)c1ccccc1. The fraction of sp³-hybridized carbons (Fsp3) is 0.467. The van der Waals surface area contributed by atoms with Gasteiger partial charge >= 0.3 is 6.09 Å². The molecule has 3 aromatic rings. The van der Waals surface area contributed by atoms with Gasteiger partial charge in [0.05, 0.1) is 17.6 Å². The van der Waals surface area contributed by atoms with Gasteiger partial charge in [0.1, 0.15) is 0 Å². The predicted molar refractivity (Wildman–Crippen MR) is 149 cm³/mol. The average molecular weight is 548 g/mol. The number of ketones is 1. The second-order valence-electron chi connectivity index (χ2n) is 11.4. The van der Waals surface area contributed by atoms with E-state index < -0.39 is 24.6 Å². The Morgan fingerprint density at radius 2 is 1.88 bits per heavy atom. The summed E-state index contributed by atoms with van der Waals surface area (Å²) in [6.07, 6.45) is 0.315. The van der Waals surface area contributed by atoms with Crippen LogP contribution in [0, 0.1) is 5.41 Å². The van der Waals surface area contributed by atoms with Gasteiger partial charge in [-0.2, -0.15) is 5.10 Å². The van der Waals surface area contributed by atoms with Crippen LogP contribution in [0.4, 0.5) is 4.79 Å². The minimum absolute atomic E-state index is 0.104. The van der Waals surface area contributed by atoms with Gasteiger partial charge in [-0.3, -0.25) is 19.5 Å². The molecule has 212 valence electrons. The summed E-state index contributed by atoms with van der Waals surface area (Å²) in [6, 6.07) is 16.3. The number of nitrogens with one attached hydrogen (secondary N) is 2. The van der Waals surface area contributed by atoms with Crippen LogP contribution in [-0.2, 0) is 14.4 Å². The lowest BCUT2D eigenvalue weighted by atomic mass is 9.93. The Hall–Kier alpha value is -3.76. The zero-order valence-corrected chi connectivity index (χ0v) is 23.4. The van der Waals surface area contributed by atoms with Crippen molar-refractivity contribution in [2.24, 2.45) is 5.41 Å². The number of Topliss-reactive ketones (excluding diaryl/α,β-unsaturated/α-hetero) is 1. The smallest absolute Gasteiger partial charge is 0.409 e. The number of carbonyl (C=O) groups is 3. The normalized spacial score (nSPS) is 23.0. The molecule has 5 atom stereocenters. The van der Waals surface area contributed by atoms with Crippen LogP contribution in [-0.4, -0.2) is 63.0 Å². The van der Waals surface area contributed by atoms with E-state index in [1.807, 2.05) is 82.3 Å². The van der Waals surface area contributed by atoms with Crippen molar-refractivity contribution in [2.45, 2.75) is 77.9 Å². The first-order chi connectivity index (χ1) is 19.2. The summed E-state index contributed by atoms with van der Waals surface area (Å²) in [5.74, 6) is -0.521. The third-order valence-electron chi connectivity index (χ3n) is 7.65. The Bertz CT molecular complexity index is 1370. The Balaban J connectivity index is 1.25. The third kappa shape index (κ3) is 5.88. The number of H-pyrrole nitrogens is 1. The standard InChI is InChI=1S/C30H37N5O5/c1-5-6-15-23(26(36)28-35(40-28)19(2)20-12-8-7-9-13-20)31-29(38)39-24-17-30(3,4)18-34(24)27(37)25-21-14-10-11-16-22(21)32-33-25/h7-14,16,19,23-24,28H,5-6,15,17-18H2,1-4H3,(H,31,38)(H,32,33)/t19-,23+,24?,28?,35?/m1/s1. The number of para-hydroxylation sites is 1. The molecule has 0 bridgehead atoms. The van der Waals surface area contributed by atoms with Crippen molar-refractivity contribution >= 4 is 28.7 Å². The van der Waals surface area contributed by atoms with E-state index in [1.165, 1.54) is 0 Å². The van der Waals surface area contributed by atoms with Crippen LogP contribution in [0.1, 0.15) is 75.5 Å². The highest BCUT2D eigenvalue weighted by atomic mass is 16.8. The van der Waals surface area contributed by atoms with E-state index in [0.717, 1.165) is 23.9 Å². The molecule has 2 aromatic carbocycles. The number of rotatable bonds is 10. The highest BCUT2D eigenvalue weighted by molar-refractivity contribution is 6.04. The monoisotopic (exact) mass is 547 g/mol. The van der Waals surface area contributed by atoms with Crippen LogP contribution in [0.2, 0.25) is 0 Å². The van der Waals surface area contributed by atoms with Gasteiger partial charge in [0, 0.05) is 18.4 Å². The third-order valence-corrected chi connectivity index (χ3v) is 7.65. The van der Waals surface area contributed by atoms with E-state index in [0.29, 0.717) is 24.8 Å². The molecule has 3 heterocycles. The second-order valence-corrected chi connectivity index (χ2v) is 11.4. The molecule has 3 unspecified atom stereocenters. The number of hydrogen-bond donors (Lipinski definition) is 2. The zero-order chi connectivity index (χ0) is 28.4. The fourth-order valence-electron chi connectivity index (χ4n) is 5.38. The quantitative estimate of drug-likeness (QED) is 0.345. The van der Waals surface area contributed by atoms with E-state index in [-0.39, 0.29) is 28.8 Å². The van der Waals surface area contributed by atoms with Gasteiger partial charge in [0.25, 0.3) is 5.91 Å². The first-order valence-corrected chi connectivity index (χ1v) is 13.9. The van der Waals surface area contributed by atoms with Crippen molar-refractivity contribution in [3.63, 3.8) is 0 Å². The van der Waals surface area contributed by atoms with Gasteiger partial charge in [-0.15, -0.1) is 5.06 Å². The lowest BCUT2D eigenvalue weighted by Gasteiger charge is -2.25. The minimum Gasteiger partial charge on any atom is -0.425 e. The number of hydrogen-bond acceptors (Lipinski definition) is 7. The molecule has 2 aliphatic heterocycles. The van der Waals surface area contributed by atoms with Crippen LogP contribution in [0.25, 0.3) is 10.9 Å². The van der Waals surface area contributed by atoms with Crippen LogP contribution < -0.4 is 5.32 Å². The molecule has 0 spiro atoms. The summed E-state index contributed by atoms with van der Waals surface area (Å²) in [5, 5.41) is 12.3. The maximum absolute atomic E-state index is 13.5. The van der Waals surface area contributed by atoms with Crippen molar-refractivity contribution in [3.05, 3.63) is 65.9 Å². The zero-order valence-electron chi connectivity index (χ0n) is 23.4. The van der Waals surface area contributed by atoms with Gasteiger partial charge < -0.3 is 15.0 Å². The number of aromatic amines is 1. The molecule has 5 rings (SSSR count). The summed E-state index contributed by atoms with van der Waals surface area (Å²) >= 11 is 0. The van der Waals surface area contributed by atoms with E-state index in [4.69, 9.17) is 9.57 Å². The average Bonchev–Trinajstić information content (AvgIpc) is 3.53. The number of fused-ring (bicyclic) bond motifs is 1. The molecule has 10 nitrogen and oxygen atoms in total. The largest absolute Gasteiger partial charge is 0.425 e. The molecule has 2 aliphatic rings. The first kappa shape index (κ1) is 27.8. The molecule has 0 aliphatic carbocycles. The van der Waals surface area contributed by atoms with Crippen molar-refractivity contribution in [3.8, 4) is 0 Å². The molecule has 2 saturated heterocycles. The summed E-state index contributed by atoms with van der Waals surface area (Å²) in [4.78, 5) is 47.3. The molecular formula is C30H37N5O5. The van der Waals surface area contributed by atoms with Crippen molar-refractivity contribution in [2.75, 3.05) is 6.54 Å².